The predicted molar refractivity (Wildman–Crippen MR) is 52.2 cm³/mol. The summed E-state index contributed by atoms with van der Waals surface area (Å²) >= 11 is 0. The topological polar surface area (TPSA) is 61.7 Å². The smallest absolute Gasteiger partial charge is 0.335 e. The maximum Gasteiger partial charge on any atom is 0.335 e. The monoisotopic (exact) mass is 178 g/mol. The van der Waals surface area contributed by atoms with Crippen LogP contribution in [-0.2, 0) is 0 Å². The number of carboxylic acids is 1. The van der Waals surface area contributed by atoms with E-state index in [1.807, 2.05) is 0 Å². The van der Waals surface area contributed by atoms with Crippen molar-refractivity contribution in [3.05, 3.63) is 23.8 Å². The zero-order valence-electron chi connectivity index (χ0n) is 7.24. The van der Waals surface area contributed by atoms with Gasteiger partial charge in [-0.3, -0.25) is 4.99 Å². The molecule has 0 amide bonds. The molecule has 4 heteroatoms. The van der Waals surface area contributed by atoms with Crippen LogP contribution in [0.4, 0.5) is 11.4 Å². The number of anilines is 1. The average molecular weight is 178 g/mol. The molecule has 68 valence electrons. The largest absolute Gasteiger partial charge is 0.478 e. The molecule has 0 fully saturated rings. The van der Waals surface area contributed by atoms with Gasteiger partial charge in [-0.2, -0.15) is 0 Å². The van der Waals surface area contributed by atoms with Crippen molar-refractivity contribution in [2.45, 2.75) is 0 Å². The Balaban J connectivity index is 3.20. The van der Waals surface area contributed by atoms with Crippen molar-refractivity contribution >= 4 is 24.1 Å². The van der Waals surface area contributed by atoms with Crippen molar-refractivity contribution in [3.8, 4) is 0 Å². The highest BCUT2D eigenvalue weighted by Crippen LogP contribution is 2.24. The molecule has 0 saturated heterocycles. The zero-order valence-corrected chi connectivity index (χ0v) is 7.24. The number of carbonyl (C=O) groups is 1. The lowest BCUT2D eigenvalue weighted by Crippen LogP contribution is -1.97. The van der Waals surface area contributed by atoms with Gasteiger partial charge in [0.25, 0.3) is 0 Å². The lowest BCUT2D eigenvalue weighted by Gasteiger charge is -2.04. The molecule has 4 nitrogen and oxygen atoms in total. The van der Waals surface area contributed by atoms with Gasteiger partial charge in [-0.1, -0.05) is 0 Å². The zero-order chi connectivity index (χ0) is 9.84. The third-order valence-corrected chi connectivity index (χ3v) is 1.68. The Morgan fingerprint density at radius 3 is 2.77 bits per heavy atom. The first-order valence-electron chi connectivity index (χ1n) is 3.71. The normalized spacial score (nSPS) is 9.31. The summed E-state index contributed by atoms with van der Waals surface area (Å²) < 4.78 is 0. The Labute approximate surface area is 75.9 Å². The van der Waals surface area contributed by atoms with E-state index in [-0.39, 0.29) is 5.56 Å². The van der Waals surface area contributed by atoms with E-state index in [1.54, 1.807) is 13.1 Å². The van der Waals surface area contributed by atoms with Gasteiger partial charge in [0.05, 0.1) is 16.9 Å². The van der Waals surface area contributed by atoms with Crippen LogP contribution in [0.3, 0.4) is 0 Å². The second-order valence-corrected chi connectivity index (χ2v) is 2.45. The lowest BCUT2D eigenvalue weighted by molar-refractivity contribution is 0.0697. The van der Waals surface area contributed by atoms with E-state index in [4.69, 9.17) is 5.11 Å². The molecule has 0 saturated carbocycles. The molecule has 1 rings (SSSR count). The third kappa shape index (κ3) is 1.84. The molecule has 0 aliphatic rings. The molecule has 2 N–H and O–H groups in total. The van der Waals surface area contributed by atoms with Crippen LogP contribution in [0.5, 0.6) is 0 Å². The summed E-state index contributed by atoms with van der Waals surface area (Å²) in [6.07, 6.45) is 0. The Morgan fingerprint density at radius 2 is 2.31 bits per heavy atom. The fourth-order valence-electron chi connectivity index (χ4n) is 1.01. The van der Waals surface area contributed by atoms with Crippen molar-refractivity contribution in [1.82, 2.24) is 0 Å². The van der Waals surface area contributed by atoms with Gasteiger partial charge in [-0.25, -0.2) is 4.79 Å². The molecule has 13 heavy (non-hydrogen) atoms. The first-order chi connectivity index (χ1) is 6.19. The number of aromatic carboxylic acids is 1. The predicted octanol–water partition coefficient (Wildman–Crippen LogP) is 1.76. The molecule has 0 radical (unpaired) electrons. The van der Waals surface area contributed by atoms with Crippen LogP contribution in [0, 0.1) is 0 Å². The standard InChI is InChI=1S/C9H10N2O2/c1-10-7-4-3-6(9(12)13)5-8(7)11-2/h3-5,11H,1H2,2H3,(H,12,13). The molecule has 0 aliphatic carbocycles. The van der Waals surface area contributed by atoms with Gasteiger partial charge in [0, 0.05) is 7.05 Å². The summed E-state index contributed by atoms with van der Waals surface area (Å²) in [7, 11) is 1.70. The van der Waals surface area contributed by atoms with E-state index in [0.717, 1.165) is 0 Å². The highest BCUT2D eigenvalue weighted by molar-refractivity contribution is 5.90. The maximum atomic E-state index is 10.6. The van der Waals surface area contributed by atoms with Gasteiger partial charge >= 0.3 is 5.97 Å². The van der Waals surface area contributed by atoms with E-state index in [0.29, 0.717) is 11.4 Å². The summed E-state index contributed by atoms with van der Waals surface area (Å²) in [5.41, 5.74) is 1.54. The van der Waals surface area contributed by atoms with Crippen LogP contribution >= 0.6 is 0 Å². The minimum atomic E-state index is -0.952. The Hall–Kier alpha value is -1.84. The number of nitrogens with one attached hydrogen (secondary N) is 1. The minimum absolute atomic E-state index is 0.233. The van der Waals surface area contributed by atoms with Crippen molar-refractivity contribution in [1.29, 1.82) is 0 Å². The van der Waals surface area contributed by atoms with Gasteiger partial charge in [0.1, 0.15) is 0 Å². The molecule has 0 atom stereocenters. The third-order valence-electron chi connectivity index (χ3n) is 1.68. The van der Waals surface area contributed by atoms with Gasteiger partial charge in [-0.15, -0.1) is 0 Å². The highest BCUT2D eigenvalue weighted by Gasteiger charge is 2.05. The molecule has 1 aromatic rings. The Morgan fingerprint density at radius 1 is 1.62 bits per heavy atom. The quantitative estimate of drug-likeness (QED) is 0.693. The molecule has 1 aromatic carbocycles. The van der Waals surface area contributed by atoms with Gasteiger partial charge in [-0.05, 0) is 24.9 Å². The minimum Gasteiger partial charge on any atom is -0.478 e. The molecule has 0 aromatic heterocycles. The van der Waals surface area contributed by atoms with Crippen molar-refractivity contribution in [2.24, 2.45) is 4.99 Å². The first-order valence-corrected chi connectivity index (χ1v) is 3.71. The summed E-state index contributed by atoms with van der Waals surface area (Å²) in [5, 5.41) is 11.5. The number of aliphatic imine (C=N–C) groups is 1. The lowest BCUT2D eigenvalue weighted by atomic mass is 10.2. The number of rotatable bonds is 3. The second kappa shape index (κ2) is 3.71. The molecular weight excluding hydrogens is 168 g/mol. The SMILES string of the molecule is C=Nc1ccc(C(=O)O)cc1NC. The van der Waals surface area contributed by atoms with Gasteiger partial charge in [0.15, 0.2) is 0 Å². The second-order valence-electron chi connectivity index (χ2n) is 2.45. The van der Waals surface area contributed by atoms with E-state index >= 15 is 0 Å². The molecule has 0 bridgehead atoms. The van der Waals surface area contributed by atoms with Crippen molar-refractivity contribution < 1.29 is 9.90 Å². The number of hydrogen-bond donors (Lipinski definition) is 2. The van der Waals surface area contributed by atoms with Crippen molar-refractivity contribution in [2.75, 3.05) is 12.4 Å². The summed E-state index contributed by atoms with van der Waals surface area (Å²) in [4.78, 5) is 14.3. The summed E-state index contributed by atoms with van der Waals surface area (Å²) in [6, 6.07) is 4.63. The molecule has 0 heterocycles. The van der Waals surface area contributed by atoms with Gasteiger partial charge < -0.3 is 10.4 Å². The molecule has 0 unspecified atom stereocenters. The Kier molecular flexibility index (Phi) is 2.64. The Bertz CT molecular complexity index is 347. The van der Waals surface area contributed by atoms with Crippen molar-refractivity contribution in [3.63, 3.8) is 0 Å². The number of nitrogens with zero attached hydrogens (tertiary/aromatic N) is 1. The molecular formula is C9H10N2O2. The van der Waals surface area contributed by atoms with Crippen LogP contribution in [0.1, 0.15) is 10.4 Å². The average Bonchev–Trinajstić information content (AvgIpc) is 2.16. The van der Waals surface area contributed by atoms with E-state index in [9.17, 15) is 4.79 Å². The van der Waals surface area contributed by atoms with Crippen LogP contribution in [0.25, 0.3) is 0 Å². The highest BCUT2D eigenvalue weighted by atomic mass is 16.4. The summed E-state index contributed by atoms with van der Waals surface area (Å²) in [6.45, 7) is 3.38. The van der Waals surface area contributed by atoms with E-state index < -0.39 is 5.97 Å². The van der Waals surface area contributed by atoms with E-state index in [1.165, 1.54) is 12.1 Å². The fourth-order valence-corrected chi connectivity index (χ4v) is 1.01. The molecule has 0 aliphatic heterocycles. The van der Waals surface area contributed by atoms with Gasteiger partial charge in [0.2, 0.25) is 0 Å². The number of benzene rings is 1. The van der Waals surface area contributed by atoms with Crippen LogP contribution in [-0.4, -0.2) is 24.8 Å². The van der Waals surface area contributed by atoms with Crippen LogP contribution in [0.2, 0.25) is 0 Å². The number of hydrogen-bond acceptors (Lipinski definition) is 3. The number of carboxylic acid groups (broad SMARTS) is 1. The first kappa shape index (κ1) is 9.25. The molecule has 0 spiro atoms. The fraction of sp³-hybridized carbons (Fsp3) is 0.111. The summed E-state index contributed by atoms with van der Waals surface area (Å²) in [5.74, 6) is -0.952. The van der Waals surface area contributed by atoms with E-state index in [2.05, 4.69) is 17.0 Å². The van der Waals surface area contributed by atoms with Crippen LogP contribution < -0.4 is 5.32 Å². The van der Waals surface area contributed by atoms with Crippen LogP contribution in [0.15, 0.2) is 23.2 Å². The maximum absolute atomic E-state index is 10.6.